The maximum atomic E-state index is 13.2. The quantitative estimate of drug-likeness (QED) is 0.588. The minimum absolute atomic E-state index is 0.0486. The van der Waals surface area contributed by atoms with Crippen molar-refractivity contribution in [3.63, 3.8) is 0 Å². The van der Waals surface area contributed by atoms with Gasteiger partial charge in [0.2, 0.25) is 5.91 Å². The monoisotopic (exact) mass is 419 g/mol. The highest BCUT2D eigenvalue weighted by molar-refractivity contribution is 6.06. The molecule has 0 bridgehead atoms. The number of hydrogen-bond donors (Lipinski definition) is 3. The molecular weight excluding hydrogens is 397 g/mol. The number of carbonyl (C=O) groups is 2. The van der Waals surface area contributed by atoms with E-state index in [1.807, 2.05) is 36.4 Å². The predicted octanol–water partition coefficient (Wildman–Crippen LogP) is 3.74. The zero-order chi connectivity index (χ0) is 21.5. The van der Waals surface area contributed by atoms with Gasteiger partial charge in [0.25, 0.3) is 5.91 Å². The lowest BCUT2D eigenvalue weighted by atomic mass is 10.0. The summed E-state index contributed by atoms with van der Waals surface area (Å²) in [5.74, 6) is -0.648. The molecule has 1 saturated carbocycles. The minimum atomic E-state index is -1.07. The topological polar surface area (TPSA) is 90.1 Å². The van der Waals surface area contributed by atoms with E-state index >= 15 is 0 Å². The summed E-state index contributed by atoms with van der Waals surface area (Å²) in [6, 6.07) is 13.2. The van der Waals surface area contributed by atoms with Crippen LogP contribution >= 0.6 is 0 Å². The number of hydrogen-bond acceptors (Lipinski definition) is 4. The number of benzene rings is 1. The summed E-state index contributed by atoms with van der Waals surface area (Å²) in [5, 5.41) is 6.08. The van der Waals surface area contributed by atoms with Gasteiger partial charge in [-0.3, -0.25) is 9.59 Å². The molecule has 2 amide bonds. The number of para-hydroxylation sites is 1. The van der Waals surface area contributed by atoms with E-state index in [9.17, 15) is 14.0 Å². The second kappa shape index (κ2) is 7.54. The van der Waals surface area contributed by atoms with E-state index in [0.717, 1.165) is 29.1 Å². The molecule has 1 aliphatic heterocycles. The van der Waals surface area contributed by atoms with Gasteiger partial charge in [-0.05, 0) is 30.7 Å². The normalized spacial score (nSPS) is 19.7. The lowest BCUT2D eigenvalue weighted by Crippen LogP contribution is -2.34. The van der Waals surface area contributed by atoms with Gasteiger partial charge in [0.1, 0.15) is 12.0 Å². The summed E-state index contributed by atoms with van der Waals surface area (Å²) in [7, 11) is 1.79. The SMILES string of the molecule is CN1CCc2[nH]c(-c3ccnc(NC(=O)[C@@H]4C[C@H]4F)c3)c(Nc3ccccc3)c2C1=O. The standard InChI is InChI=1S/C23H22FN5O2/c1-29-10-8-17-19(23(29)31)21(26-14-5-3-2-4-6-14)20(27-17)13-7-9-25-18(11-13)28-22(30)15-12-16(15)24/h2-7,9,11,15-16,26-27H,8,10,12H2,1H3,(H,25,28,30)/t15-,16-/m1/s1. The molecule has 3 N–H and O–H groups in total. The van der Waals surface area contributed by atoms with Crippen molar-refractivity contribution in [1.29, 1.82) is 0 Å². The number of fused-ring (bicyclic) bond motifs is 1. The van der Waals surface area contributed by atoms with Crippen LogP contribution in [-0.4, -0.2) is 46.4 Å². The van der Waals surface area contributed by atoms with Crippen LogP contribution in [0, 0.1) is 5.92 Å². The number of H-pyrrole nitrogens is 1. The number of alkyl halides is 1. The molecule has 0 unspecified atom stereocenters. The Morgan fingerprint density at radius 3 is 2.77 bits per heavy atom. The smallest absolute Gasteiger partial charge is 0.257 e. The fraction of sp³-hybridized carbons (Fsp3) is 0.261. The number of nitrogens with one attached hydrogen (secondary N) is 3. The largest absolute Gasteiger partial charge is 0.356 e. The van der Waals surface area contributed by atoms with E-state index in [-0.39, 0.29) is 18.2 Å². The number of aromatic amines is 1. The van der Waals surface area contributed by atoms with Gasteiger partial charge in [0, 0.05) is 43.2 Å². The van der Waals surface area contributed by atoms with Crippen LogP contribution in [0.15, 0.2) is 48.7 Å². The Morgan fingerprint density at radius 2 is 2.03 bits per heavy atom. The van der Waals surface area contributed by atoms with E-state index in [1.54, 1.807) is 24.2 Å². The molecule has 0 spiro atoms. The van der Waals surface area contributed by atoms with Gasteiger partial charge in [-0.1, -0.05) is 18.2 Å². The van der Waals surface area contributed by atoms with E-state index in [2.05, 4.69) is 20.6 Å². The number of anilines is 3. The molecule has 2 aromatic heterocycles. The third-order valence-electron chi connectivity index (χ3n) is 5.73. The molecule has 158 valence electrons. The number of aromatic nitrogens is 2. The van der Waals surface area contributed by atoms with Gasteiger partial charge in [0.05, 0.1) is 22.9 Å². The van der Waals surface area contributed by atoms with Gasteiger partial charge >= 0.3 is 0 Å². The van der Waals surface area contributed by atoms with Crippen molar-refractivity contribution in [1.82, 2.24) is 14.9 Å². The first-order valence-electron chi connectivity index (χ1n) is 10.2. The van der Waals surface area contributed by atoms with Crippen molar-refractivity contribution in [2.45, 2.75) is 19.0 Å². The van der Waals surface area contributed by atoms with Crippen molar-refractivity contribution in [3.05, 3.63) is 59.9 Å². The average molecular weight is 419 g/mol. The van der Waals surface area contributed by atoms with Crippen LogP contribution in [0.2, 0.25) is 0 Å². The van der Waals surface area contributed by atoms with Crippen molar-refractivity contribution < 1.29 is 14.0 Å². The van der Waals surface area contributed by atoms with Crippen molar-refractivity contribution in [2.24, 2.45) is 5.92 Å². The van der Waals surface area contributed by atoms with Crippen LogP contribution in [0.4, 0.5) is 21.6 Å². The van der Waals surface area contributed by atoms with Gasteiger partial charge in [-0.15, -0.1) is 0 Å². The Balaban J connectivity index is 1.54. The molecule has 5 rings (SSSR count). The molecule has 0 radical (unpaired) electrons. The molecular formula is C23H22FN5O2. The number of carbonyl (C=O) groups excluding carboxylic acids is 2. The average Bonchev–Trinajstić information content (AvgIpc) is 3.40. The van der Waals surface area contributed by atoms with Crippen LogP contribution in [0.1, 0.15) is 22.5 Å². The third kappa shape index (κ3) is 3.65. The third-order valence-corrected chi connectivity index (χ3v) is 5.73. The van der Waals surface area contributed by atoms with Gasteiger partial charge in [-0.25, -0.2) is 9.37 Å². The number of likely N-dealkylation sites (N-methyl/N-ethyl adjacent to an activating group) is 1. The van der Waals surface area contributed by atoms with E-state index in [4.69, 9.17) is 0 Å². The Bertz CT molecular complexity index is 1160. The number of nitrogens with zero attached hydrogens (tertiary/aromatic N) is 2. The molecule has 3 aromatic rings. The van der Waals surface area contributed by atoms with Crippen molar-refractivity contribution >= 4 is 29.0 Å². The molecule has 1 aromatic carbocycles. The summed E-state index contributed by atoms with van der Waals surface area (Å²) >= 11 is 0. The summed E-state index contributed by atoms with van der Waals surface area (Å²) in [4.78, 5) is 34.4. The van der Waals surface area contributed by atoms with Crippen LogP contribution < -0.4 is 10.6 Å². The summed E-state index contributed by atoms with van der Waals surface area (Å²) in [6.45, 7) is 0.639. The van der Waals surface area contributed by atoms with Crippen molar-refractivity contribution in [2.75, 3.05) is 24.2 Å². The molecule has 1 fully saturated rings. The zero-order valence-electron chi connectivity index (χ0n) is 17.0. The fourth-order valence-electron chi connectivity index (χ4n) is 3.86. The van der Waals surface area contributed by atoms with E-state index in [0.29, 0.717) is 23.6 Å². The number of pyridine rings is 1. The molecule has 2 atom stereocenters. The van der Waals surface area contributed by atoms with Crippen LogP contribution in [-0.2, 0) is 11.2 Å². The zero-order valence-corrected chi connectivity index (χ0v) is 17.0. The highest BCUT2D eigenvalue weighted by atomic mass is 19.1. The van der Waals surface area contributed by atoms with E-state index < -0.39 is 12.1 Å². The van der Waals surface area contributed by atoms with Crippen molar-refractivity contribution in [3.8, 4) is 11.3 Å². The molecule has 7 nitrogen and oxygen atoms in total. The van der Waals surface area contributed by atoms with Gasteiger partial charge in [-0.2, -0.15) is 0 Å². The second-order valence-electron chi connectivity index (χ2n) is 7.97. The van der Waals surface area contributed by atoms with Gasteiger partial charge < -0.3 is 20.5 Å². The van der Waals surface area contributed by atoms with E-state index in [1.165, 1.54) is 0 Å². The van der Waals surface area contributed by atoms with Gasteiger partial charge in [0.15, 0.2) is 0 Å². The molecule has 2 aliphatic rings. The lowest BCUT2D eigenvalue weighted by Gasteiger charge is -2.23. The van der Waals surface area contributed by atoms with Crippen LogP contribution in [0.3, 0.4) is 0 Å². The second-order valence-corrected chi connectivity index (χ2v) is 7.97. The Morgan fingerprint density at radius 1 is 1.26 bits per heavy atom. The predicted molar refractivity (Wildman–Crippen MR) is 116 cm³/mol. The minimum Gasteiger partial charge on any atom is -0.356 e. The lowest BCUT2D eigenvalue weighted by molar-refractivity contribution is -0.117. The summed E-state index contributed by atoms with van der Waals surface area (Å²) in [6.07, 6.45) is 1.50. The fourth-order valence-corrected chi connectivity index (χ4v) is 3.86. The molecule has 3 heterocycles. The first kappa shape index (κ1) is 19.3. The maximum absolute atomic E-state index is 13.2. The molecule has 31 heavy (non-hydrogen) atoms. The summed E-state index contributed by atoms with van der Waals surface area (Å²) in [5.41, 5.74) is 4.54. The number of rotatable bonds is 5. The molecule has 8 heteroatoms. The Hall–Kier alpha value is -3.68. The Labute approximate surface area is 178 Å². The maximum Gasteiger partial charge on any atom is 0.257 e. The Kier molecular flexibility index (Phi) is 4.69. The first-order valence-corrected chi connectivity index (χ1v) is 10.2. The summed E-state index contributed by atoms with van der Waals surface area (Å²) < 4.78 is 13.2. The highest BCUT2D eigenvalue weighted by Crippen LogP contribution is 2.39. The van der Waals surface area contributed by atoms with Crippen LogP contribution in [0.5, 0.6) is 0 Å². The first-order chi connectivity index (χ1) is 15.0. The molecule has 1 aliphatic carbocycles. The number of amides is 2. The molecule has 0 saturated heterocycles. The number of halogens is 1. The van der Waals surface area contributed by atoms with Crippen LogP contribution in [0.25, 0.3) is 11.3 Å². The highest BCUT2D eigenvalue weighted by Gasteiger charge is 2.43.